The number of benzene rings is 1. The molecular weight excluding hydrogens is 434 g/mol. The van der Waals surface area contributed by atoms with E-state index in [1.807, 2.05) is 0 Å². The van der Waals surface area contributed by atoms with Crippen molar-refractivity contribution in [3.05, 3.63) is 51.0 Å². The van der Waals surface area contributed by atoms with Gasteiger partial charge >= 0.3 is 0 Å². The number of hydrogen-bond acceptors (Lipinski definition) is 6. The summed E-state index contributed by atoms with van der Waals surface area (Å²) in [6.07, 6.45) is 9.51. The molecule has 7 heteroatoms. The van der Waals surface area contributed by atoms with Crippen molar-refractivity contribution < 1.29 is 9.72 Å². The number of para-hydroxylation sites is 2. The molecule has 2 fully saturated rings. The quantitative estimate of drug-likeness (QED) is 0.412. The SMILES string of the molecule is C[C@]12CCc3sc(Nc4ccccc4[N+](=O)[O-])nc3C1=CC[C@@H]1[C@@H]2CC[C@]2(C)C(=O)CC[C@@H]12. The molecular formula is C26H29N3O3S. The molecule has 0 bridgehead atoms. The number of nitrogens with zero attached hydrogens (tertiary/aromatic N) is 2. The van der Waals surface area contributed by atoms with Gasteiger partial charge < -0.3 is 5.32 Å². The van der Waals surface area contributed by atoms with Gasteiger partial charge in [-0.05, 0) is 73.3 Å². The van der Waals surface area contributed by atoms with Crippen molar-refractivity contribution in [2.24, 2.45) is 28.6 Å². The summed E-state index contributed by atoms with van der Waals surface area (Å²) in [4.78, 5) is 30.0. The first-order chi connectivity index (χ1) is 15.8. The monoisotopic (exact) mass is 463 g/mol. The van der Waals surface area contributed by atoms with E-state index in [4.69, 9.17) is 4.98 Å². The Hall–Kier alpha value is -2.54. The van der Waals surface area contributed by atoms with Crippen molar-refractivity contribution in [3.8, 4) is 0 Å². The van der Waals surface area contributed by atoms with Crippen molar-refractivity contribution in [1.82, 2.24) is 4.98 Å². The average Bonchev–Trinajstić information content (AvgIpc) is 3.33. The third-order valence-corrected chi connectivity index (χ3v) is 10.4. The molecule has 6 nitrogen and oxygen atoms in total. The number of hydrogen-bond donors (Lipinski definition) is 1. The summed E-state index contributed by atoms with van der Waals surface area (Å²) in [6, 6.07) is 6.72. The maximum absolute atomic E-state index is 12.7. The summed E-state index contributed by atoms with van der Waals surface area (Å²) in [5, 5.41) is 15.3. The number of fused-ring (bicyclic) bond motifs is 7. The molecule has 0 unspecified atom stereocenters. The number of nitrogens with one attached hydrogen (secondary N) is 1. The molecule has 33 heavy (non-hydrogen) atoms. The van der Waals surface area contributed by atoms with E-state index >= 15 is 0 Å². The lowest BCUT2D eigenvalue weighted by Gasteiger charge is -2.55. The van der Waals surface area contributed by atoms with Crippen molar-refractivity contribution in [2.75, 3.05) is 5.32 Å². The largest absolute Gasteiger partial charge is 0.326 e. The van der Waals surface area contributed by atoms with Gasteiger partial charge in [0.1, 0.15) is 11.5 Å². The summed E-state index contributed by atoms with van der Waals surface area (Å²) in [6.45, 7) is 4.65. The molecule has 0 amide bonds. The van der Waals surface area contributed by atoms with Crippen molar-refractivity contribution in [1.29, 1.82) is 0 Å². The highest BCUT2D eigenvalue weighted by Gasteiger charge is 2.59. The molecule has 0 radical (unpaired) electrons. The Morgan fingerprint density at radius 3 is 2.73 bits per heavy atom. The van der Waals surface area contributed by atoms with E-state index in [0.717, 1.165) is 55.8 Å². The lowest BCUT2D eigenvalue weighted by molar-refractivity contribution is -0.383. The minimum atomic E-state index is -0.360. The van der Waals surface area contributed by atoms with Gasteiger partial charge in [0.25, 0.3) is 5.69 Å². The topological polar surface area (TPSA) is 85.1 Å². The van der Waals surface area contributed by atoms with Crippen molar-refractivity contribution in [2.45, 2.75) is 58.8 Å². The van der Waals surface area contributed by atoms with E-state index < -0.39 is 0 Å². The van der Waals surface area contributed by atoms with Gasteiger partial charge in [0.15, 0.2) is 5.13 Å². The third-order valence-electron chi connectivity index (χ3n) is 9.34. The van der Waals surface area contributed by atoms with Crippen LogP contribution in [0.1, 0.15) is 62.9 Å². The maximum Gasteiger partial charge on any atom is 0.292 e. The Bertz CT molecular complexity index is 1200. The lowest BCUT2D eigenvalue weighted by Crippen LogP contribution is -2.49. The summed E-state index contributed by atoms with van der Waals surface area (Å²) in [7, 11) is 0. The number of thiazole rings is 1. The Morgan fingerprint density at radius 1 is 1.12 bits per heavy atom. The van der Waals surface area contributed by atoms with Gasteiger partial charge in [-0.25, -0.2) is 4.98 Å². The Balaban J connectivity index is 1.33. The number of allylic oxidation sites excluding steroid dienone is 2. The van der Waals surface area contributed by atoms with Gasteiger partial charge in [-0.15, -0.1) is 11.3 Å². The molecule has 0 spiro atoms. The zero-order valence-corrected chi connectivity index (χ0v) is 19.9. The number of carbonyl (C=O) groups excluding carboxylic acids is 1. The summed E-state index contributed by atoms with van der Waals surface area (Å²) >= 11 is 1.62. The number of carbonyl (C=O) groups is 1. The Morgan fingerprint density at radius 2 is 1.91 bits per heavy atom. The minimum Gasteiger partial charge on any atom is -0.326 e. The normalized spacial score (nSPS) is 34.5. The fraction of sp³-hybridized carbons (Fsp3) is 0.538. The molecule has 0 aliphatic heterocycles. The first-order valence-electron chi connectivity index (χ1n) is 12.1. The van der Waals surface area contributed by atoms with Crippen molar-refractivity contribution >= 4 is 39.2 Å². The van der Waals surface area contributed by atoms with Crippen LogP contribution < -0.4 is 5.32 Å². The smallest absolute Gasteiger partial charge is 0.292 e. The first kappa shape index (κ1) is 21.0. The predicted octanol–water partition coefficient (Wildman–Crippen LogP) is 6.55. The molecule has 0 saturated heterocycles. The third kappa shape index (κ3) is 2.97. The van der Waals surface area contributed by atoms with Crippen LogP contribution in [0.25, 0.3) is 5.57 Å². The molecule has 2 saturated carbocycles. The van der Waals surface area contributed by atoms with E-state index in [-0.39, 0.29) is 21.4 Å². The van der Waals surface area contributed by atoms with E-state index in [0.29, 0.717) is 29.2 Å². The number of aryl methyl sites for hydroxylation is 1. The van der Waals surface area contributed by atoms with Gasteiger partial charge in [0.2, 0.25) is 0 Å². The summed E-state index contributed by atoms with van der Waals surface area (Å²) < 4.78 is 0. The van der Waals surface area contributed by atoms with Gasteiger partial charge in [-0.2, -0.15) is 0 Å². The second-order valence-electron chi connectivity index (χ2n) is 10.8. The number of nitro benzene ring substituents is 1. The van der Waals surface area contributed by atoms with Crippen LogP contribution in [0.2, 0.25) is 0 Å². The zero-order chi connectivity index (χ0) is 23.0. The second kappa shape index (κ2) is 7.23. The summed E-state index contributed by atoms with van der Waals surface area (Å²) in [5.41, 5.74) is 2.98. The Labute approximate surface area is 197 Å². The zero-order valence-electron chi connectivity index (χ0n) is 19.1. The van der Waals surface area contributed by atoms with Crippen LogP contribution >= 0.6 is 11.3 Å². The van der Waals surface area contributed by atoms with Crippen LogP contribution in [0.5, 0.6) is 0 Å². The fourth-order valence-corrected chi connectivity index (χ4v) is 8.55. The molecule has 172 valence electrons. The summed E-state index contributed by atoms with van der Waals surface area (Å²) in [5.74, 6) is 2.20. The van der Waals surface area contributed by atoms with Gasteiger partial charge in [0, 0.05) is 22.8 Å². The van der Waals surface area contributed by atoms with Crippen LogP contribution in [0.4, 0.5) is 16.5 Å². The van der Waals surface area contributed by atoms with E-state index in [1.54, 1.807) is 29.5 Å². The lowest BCUT2D eigenvalue weighted by atomic mass is 9.48. The molecule has 2 aromatic rings. The standard InChI is InChI=1S/C26H29N3O3S/c1-25-14-12-21-23(28-24(33-21)27-19-5-3-4-6-20(19)29(31)32)18(25)8-7-15-16-9-10-22(30)26(16,2)13-11-17(15)25/h3-6,8,15-17H,7,9-14H2,1-2H3,(H,27,28)/t15-,16-,17-,25+,26-/m0/s1. The van der Waals surface area contributed by atoms with Crippen LogP contribution in [0, 0.1) is 38.7 Å². The fourth-order valence-electron chi connectivity index (χ4n) is 7.56. The highest BCUT2D eigenvalue weighted by molar-refractivity contribution is 7.15. The van der Waals surface area contributed by atoms with Gasteiger partial charge in [0.05, 0.1) is 10.6 Å². The molecule has 1 aromatic carbocycles. The average molecular weight is 464 g/mol. The van der Waals surface area contributed by atoms with E-state index in [1.165, 1.54) is 16.5 Å². The number of rotatable bonds is 3. The molecule has 1 aromatic heterocycles. The maximum atomic E-state index is 12.7. The predicted molar refractivity (Wildman–Crippen MR) is 130 cm³/mol. The highest BCUT2D eigenvalue weighted by Crippen LogP contribution is 2.65. The highest BCUT2D eigenvalue weighted by atomic mass is 32.1. The second-order valence-corrected chi connectivity index (χ2v) is 11.8. The van der Waals surface area contributed by atoms with Crippen LogP contribution in [-0.2, 0) is 11.2 Å². The molecule has 6 rings (SSSR count). The molecule has 4 aliphatic rings. The van der Waals surface area contributed by atoms with Crippen LogP contribution in [-0.4, -0.2) is 15.7 Å². The van der Waals surface area contributed by atoms with E-state index in [9.17, 15) is 14.9 Å². The molecule has 5 atom stereocenters. The molecule has 1 N–H and O–H groups in total. The first-order valence-corrected chi connectivity index (χ1v) is 12.9. The Kier molecular flexibility index (Phi) is 4.60. The van der Waals surface area contributed by atoms with Gasteiger partial charge in [-0.1, -0.05) is 32.1 Å². The van der Waals surface area contributed by atoms with Crippen molar-refractivity contribution in [3.63, 3.8) is 0 Å². The number of aromatic nitrogens is 1. The van der Waals surface area contributed by atoms with Crippen LogP contribution in [0.3, 0.4) is 0 Å². The van der Waals surface area contributed by atoms with Crippen LogP contribution in [0.15, 0.2) is 30.3 Å². The number of ketones is 1. The number of nitro groups is 1. The van der Waals surface area contributed by atoms with E-state index in [2.05, 4.69) is 25.2 Å². The number of Topliss-reactive ketones (excluding diaryl/α,β-unsaturated/α-hetero) is 1. The minimum absolute atomic E-state index is 0.0617. The number of anilines is 2. The van der Waals surface area contributed by atoms with Gasteiger partial charge in [-0.3, -0.25) is 14.9 Å². The molecule has 1 heterocycles. The molecule has 4 aliphatic carbocycles.